The molecule has 1 aliphatic rings. The maximum atomic E-state index is 5.69. The smallest absolute Gasteiger partial charge is 0.0726 e. The van der Waals surface area contributed by atoms with Gasteiger partial charge in [-0.15, -0.1) is 11.3 Å². The molecule has 0 spiro atoms. The summed E-state index contributed by atoms with van der Waals surface area (Å²) in [4.78, 5) is 1.37. The average molecular weight is 304 g/mol. The summed E-state index contributed by atoms with van der Waals surface area (Å²) in [5.74, 6) is 0. The van der Waals surface area contributed by atoms with Gasteiger partial charge >= 0.3 is 0 Å². The van der Waals surface area contributed by atoms with Gasteiger partial charge in [0.25, 0.3) is 0 Å². The molecular weight excluding hydrogens is 286 g/mol. The summed E-state index contributed by atoms with van der Waals surface area (Å²) in [5.41, 5.74) is 0. The van der Waals surface area contributed by atoms with Gasteiger partial charge in [0.05, 0.1) is 6.10 Å². The van der Waals surface area contributed by atoms with Gasteiger partial charge in [-0.3, -0.25) is 0 Å². The van der Waals surface area contributed by atoms with Crippen molar-refractivity contribution in [2.45, 2.75) is 44.9 Å². The highest BCUT2D eigenvalue weighted by Gasteiger charge is 2.24. The Morgan fingerprint density at radius 1 is 1.56 bits per heavy atom. The molecule has 1 aliphatic heterocycles. The molecule has 0 radical (unpaired) electrons. The SMILES string of the molecule is CC(NC(C)C1CCCO1)c1sccc1Br. The monoisotopic (exact) mass is 303 g/mol. The second-order valence-electron chi connectivity index (χ2n) is 4.36. The van der Waals surface area contributed by atoms with Gasteiger partial charge < -0.3 is 10.1 Å². The Balaban J connectivity index is 1.91. The Labute approximate surface area is 110 Å². The van der Waals surface area contributed by atoms with Crippen LogP contribution in [0.15, 0.2) is 15.9 Å². The first-order chi connectivity index (χ1) is 7.68. The van der Waals surface area contributed by atoms with Crippen LogP contribution in [0, 0.1) is 0 Å². The van der Waals surface area contributed by atoms with Crippen LogP contribution in [-0.2, 0) is 4.74 Å². The van der Waals surface area contributed by atoms with Crippen molar-refractivity contribution in [2.24, 2.45) is 0 Å². The van der Waals surface area contributed by atoms with Gasteiger partial charge in [-0.25, -0.2) is 0 Å². The summed E-state index contributed by atoms with van der Waals surface area (Å²) < 4.78 is 6.90. The lowest BCUT2D eigenvalue weighted by atomic mass is 10.1. The van der Waals surface area contributed by atoms with E-state index in [0.717, 1.165) is 6.61 Å². The van der Waals surface area contributed by atoms with E-state index in [0.29, 0.717) is 18.2 Å². The molecule has 90 valence electrons. The molecule has 3 unspecified atom stereocenters. The van der Waals surface area contributed by atoms with Gasteiger partial charge in [0.1, 0.15) is 0 Å². The molecule has 2 heterocycles. The van der Waals surface area contributed by atoms with Crippen molar-refractivity contribution in [3.8, 4) is 0 Å². The second-order valence-corrected chi connectivity index (χ2v) is 6.16. The zero-order valence-electron chi connectivity index (χ0n) is 9.70. The predicted octanol–water partition coefficient (Wildman–Crippen LogP) is 3.73. The van der Waals surface area contributed by atoms with E-state index in [1.165, 1.54) is 22.2 Å². The molecule has 0 aliphatic carbocycles. The molecule has 0 saturated carbocycles. The van der Waals surface area contributed by atoms with Crippen LogP contribution in [0.2, 0.25) is 0 Å². The zero-order valence-corrected chi connectivity index (χ0v) is 12.1. The normalized spacial score (nSPS) is 24.6. The molecule has 4 heteroatoms. The van der Waals surface area contributed by atoms with Crippen LogP contribution in [-0.4, -0.2) is 18.8 Å². The molecular formula is C12H18BrNOS. The molecule has 2 nitrogen and oxygen atoms in total. The molecule has 1 aromatic heterocycles. The number of nitrogens with one attached hydrogen (secondary N) is 1. The molecule has 1 N–H and O–H groups in total. The minimum Gasteiger partial charge on any atom is -0.377 e. The number of halogens is 1. The fourth-order valence-electron chi connectivity index (χ4n) is 2.19. The Bertz CT molecular complexity index is 336. The van der Waals surface area contributed by atoms with E-state index in [9.17, 15) is 0 Å². The van der Waals surface area contributed by atoms with Crippen molar-refractivity contribution >= 4 is 27.3 Å². The van der Waals surface area contributed by atoms with Crippen LogP contribution in [0.4, 0.5) is 0 Å². The van der Waals surface area contributed by atoms with Gasteiger partial charge in [0.15, 0.2) is 0 Å². The Morgan fingerprint density at radius 3 is 2.94 bits per heavy atom. The minimum atomic E-state index is 0.383. The van der Waals surface area contributed by atoms with Crippen molar-refractivity contribution in [2.75, 3.05) is 6.61 Å². The van der Waals surface area contributed by atoms with Crippen LogP contribution >= 0.6 is 27.3 Å². The van der Waals surface area contributed by atoms with E-state index in [1.54, 1.807) is 11.3 Å². The van der Waals surface area contributed by atoms with Crippen LogP contribution in [0.5, 0.6) is 0 Å². The fourth-order valence-corrected chi connectivity index (χ4v) is 3.92. The number of thiophene rings is 1. The number of hydrogen-bond acceptors (Lipinski definition) is 3. The molecule has 0 bridgehead atoms. The van der Waals surface area contributed by atoms with Crippen LogP contribution in [0.3, 0.4) is 0 Å². The highest BCUT2D eigenvalue weighted by atomic mass is 79.9. The molecule has 3 atom stereocenters. The van der Waals surface area contributed by atoms with Crippen molar-refractivity contribution in [1.82, 2.24) is 5.32 Å². The fraction of sp³-hybridized carbons (Fsp3) is 0.667. The third-order valence-corrected chi connectivity index (χ3v) is 5.13. The van der Waals surface area contributed by atoms with E-state index >= 15 is 0 Å². The third-order valence-electron chi connectivity index (χ3n) is 3.07. The quantitative estimate of drug-likeness (QED) is 0.915. The highest BCUT2D eigenvalue weighted by Crippen LogP contribution is 2.29. The molecule has 0 amide bonds. The van der Waals surface area contributed by atoms with Crippen molar-refractivity contribution in [3.05, 3.63) is 20.8 Å². The van der Waals surface area contributed by atoms with Crippen molar-refractivity contribution < 1.29 is 4.74 Å². The van der Waals surface area contributed by atoms with Crippen molar-refractivity contribution in [1.29, 1.82) is 0 Å². The molecule has 1 aromatic rings. The largest absolute Gasteiger partial charge is 0.377 e. The first-order valence-electron chi connectivity index (χ1n) is 5.79. The predicted molar refractivity (Wildman–Crippen MR) is 72.0 cm³/mol. The highest BCUT2D eigenvalue weighted by molar-refractivity contribution is 9.10. The number of ether oxygens (including phenoxy) is 1. The molecule has 1 fully saturated rings. The van der Waals surface area contributed by atoms with E-state index in [1.807, 2.05) is 0 Å². The minimum absolute atomic E-state index is 0.383. The number of hydrogen-bond donors (Lipinski definition) is 1. The van der Waals surface area contributed by atoms with E-state index in [4.69, 9.17) is 4.74 Å². The summed E-state index contributed by atoms with van der Waals surface area (Å²) in [7, 11) is 0. The Morgan fingerprint density at radius 2 is 2.38 bits per heavy atom. The summed E-state index contributed by atoms with van der Waals surface area (Å²) in [6.45, 7) is 5.35. The van der Waals surface area contributed by atoms with E-state index in [-0.39, 0.29) is 0 Å². The van der Waals surface area contributed by atoms with Gasteiger partial charge in [0.2, 0.25) is 0 Å². The topological polar surface area (TPSA) is 21.3 Å². The van der Waals surface area contributed by atoms with Crippen LogP contribution in [0.1, 0.15) is 37.6 Å². The lowest BCUT2D eigenvalue weighted by Gasteiger charge is -2.24. The van der Waals surface area contributed by atoms with E-state index in [2.05, 4.69) is 46.5 Å². The molecule has 0 aromatic carbocycles. The van der Waals surface area contributed by atoms with Crippen LogP contribution < -0.4 is 5.32 Å². The molecule has 1 saturated heterocycles. The Hall–Kier alpha value is 0.100. The summed E-state index contributed by atoms with van der Waals surface area (Å²) >= 11 is 5.37. The van der Waals surface area contributed by atoms with Crippen LogP contribution in [0.25, 0.3) is 0 Å². The van der Waals surface area contributed by atoms with Gasteiger partial charge in [-0.1, -0.05) is 0 Å². The zero-order chi connectivity index (χ0) is 11.5. The first kappa shape index (κ1) is 12.6. The van der Waals surface area contributed by atoms with Gasteiger partial charge in [-0.05, 0) is 54.1 Å². The maximum Gasteiger partial charge on any atom is 0.0726 e. The standard InChI is InChI=1S/C12H18BrNOS/c1-8(11-4-3-6-15-11)14-9(2)12-10(13)5-7-16-12/h5,7-9,11,14H,3-4,6H2,1-2H3. The lowest BCUT2D eigenvalue weighted by molar-refractivity contribution is 0.0805. The molecule has 2 rings (SSSR count). The Kier molecular flexibility index (Phi) is 4.41. The summed E-state index contributed by atoms with van der Waals surface area (Å²) in [6, 6.07) is 2.91. The second kappa shape index (κ2) is 5.63. The summed E-state index contributed by atoms with van der Waals surface area (Å²) in [6.07, 6.45) is 2.78. The first-order valence-corrected chi connectivity index (χ1v) is 7.46. The average Bonchev–Trinajstić information content (AvgIpc) is 2.86. The molecule has 16 heavy (non-hydrogen) atoms. The summed E-state index contributed by atoms with van der Waals surface area (Å²) in [5, 5.41) is 5.74. The van der Waals surface area contributed by atoms with Gasteiger partial charge in [0, 0.05) is 28.0 Å². The van der Waals surface area contributed by atoms with Gasteiger partial charge in [-0.2, -0.15) is 0 Å². The third kappa shape index (κ3) is 2.86. The van der Waals surface area contributed by atoms with Crippen molar-refractivity contribution in [3.63, 3.8) is 0 Å². The lowest BCUT2D eigenvalue weighted by Crippen LogP contribution is -2.38. The van der Waals surface area contributed by atoms with E-state index < -0.39 is 0 Å². The maximum absolute atomic E-state index is 5.69. The number of rotatable bonds is 4.